The number of aromatic nitrogens is 1. The number of carbonyl (C=O) groups excluding carboxylic acids is 2. The fourth-order valence-electron chi connectivity index (χ4n) is 5.18. The van der Waals surface area contributed by atoms with Crippen molar-refractivity contribution in [2.75, 3.05) is 12.4 Å². The van der Waals surface area contributed by atoms with Crippen molar-refractivity contribution in [1.82, 2.24) is 4.57 Å². The van der Waals surface area contributed by atoms with Gasteiger partial charge in [0.1, 0.15) is 6.54 Å². The van der Waals surface area contributed by atoms with E-state index >= 15 is 0 Å². The van der Waals surface area contributed by atoms with Gasteiger partial charge >= 0.3 is 5.97 Å². The number of anilines is 1. The summed E-state index contributed by atoms with van der Waals surface area (Å²) in [5, 5.41) is 4.23. The third-order valence-corrected chi connectivity index (χ3v) is 6.54. The smallest absolute Gasteiger partial charge is 0.337 e. The molecule has 0 atom stereocenters. The average Bonchev–Trinajstić information content (AvgIpc) is 2.98. The van der Waals surface area contributed by atoms with Gasteiger partial charge in [-0.15, -0.1) is 0 Å². The van der Waals surface area contributed by atoms with Crippen LogP contribution in [0.5, 0.6) is 0 Å². The Bertz CT molecular complexity index is 1170. The molecule has 154 valence electrons. The molecule has 1 fully saturated rings. The lowest BCUT2D eigenvalue weighted by atomic mass is 9.81. The Balaban J connectivity index is 1.84. The van der Waals surface area contributed by atoms with Crippen molar-refractivity contribution in [2.24, 2.45) is 0 Å². The normalized spacial score (nSPS) is 16.5. The first-order valence-electron chi connectivity index (χ1n) is 10.7. The van der Waals surface area contributed by atoms with Crippen LogP contribution in [0, 0.1) is 6.92 Å². The van der Waals surface area contributed by atoms with E-state index in [0.717, 1.165) is 46.3 Å². The first-order valence-corrected chi connectivity index (χ1v) is 10.7. The summed E-state index contributed by atoms with van der Waals surface area (Å²) < 4.78 is 7.04. The summed E-state index contributed by atoms with van der Waals surface area (Å²) in [6.45, 7) is 2.27. The number of carbonyl (C=O) groups is 2. The number of fused-ring (bicyclic) bond motifs is 5. The van der Waals surface area contributed by atoms with Gasteiger partial charge in [0.25, 0.3) is 0 Å². The van der Waals surface area contributed by atoms with E-state index in [9.17, 15) is 9.59 Å². The molecule has 5 rings (SSSR count). The van der Waals surface area contributed by atoms with Gasteiger partial charge in [-0.25, -0.2) is 4.79 Å². The highest BCUT2D eigenvalue weighted by Crippen LogP contribution is 2.46. The second-order valence-corrected chi connectivity index (χ2v) is 8.50. The lowest BCUT2D eigenvalue weighted by Crippen LogP contribution is -2.16. The Hall–Kier alpha value is -3.08. The highest BCUT2D eigenvalue weighted by molar-refractivity contribution is 6.04. The second kappa shape index (κ2) is 7.31. The molecule has 3 aromatic rings. The molecule has 0 radical (unpaired) electrons. The van der Waals surface area contributed by atoms with Gasteiger partial charge in [0.2, 0.25) is 5.91 Å². The molecule has 0 saturated heterocycles. The van der Waals surface area contributed by atoms with Gasteiger partial charge in [-0.05, 0) is 55.0 Å². The molecule has 2 aromatic carbocycles. The number of benzene rings is 2. The molecule has 1 N–H and O–H groups in total. The minimum Gasteiger partial charge on any atom is -0.465 e. The molecular formula is C25H26N2O3. The van der Waals surface area contributed by atoms with E-state index < -0.39 is 0 Å². The molecule has 2 heterocycles. The molecule has 0 unspecified atom stereocenters. The minimum absolute atomic E-state index is 0.0452. The van der Waals surface area contributed by atoms with Gasteiger partial charge in [-0.2, -0.15) is 0 Å². The predicted octanol–water partition coefficient (Wildman–Crippen LogP) is 5.40. The number of amides is 1. The highest BCUT2D eigenvalue weighted by atomic mass is 16.5. The standard InChI is InChI=1S/C25H26N2O3/c1-15-8-10-18-20(12-15)26-22(28)14-27-21-13-17(25(29)30-2)9-11-19(21)23(24(18)27)16-6-4-3-5-7-16/h8-13,16H,3-7,14H2,1-2H3,(H,26,28). The topological polar surface area (TPSA) is 60.3 Å². The molecule has 1 aliphatic carbocycles. The van der Waals surface area contributed by atoms with E-state index in [2.05, 4.69) is 22.0 Å². The molecule has 2 aliphatic rings. The summed E-state index contributed by atoms with van der Waals surface area (Å²) in [4.78, 5) is 25.0. The van der Waals surface area contributed by atoms with Crippen molar-refractivity contribution in [3.05, 3.63) is 53.1 Å². The van der Waals surface area contributed by atoms with E-state index in [4.69, 9.17) is 4.74 Å². The number of nitrogens with zero attached hydrogens (tertiary/aromatic N) is 1. The SMILES string of the molecule is COC(=O)c1ccc2c(C3CCCCC3)c3n(c2c1)CC(=O)Nc1cc(C)ccc1-3. The van der Waals surface area contributed by atoms with Crippen LogP contribution in [0.4, 0.5) is 5.69 Å². The highest BCUT2D eigenvalue weighted by Gasteiger charge is 2.30. The summed E-state index contributed by atoms with van der Waals surface area (Å²) in [7, 11) is 1.39. The Morgan fingerprint density at radius 1 is 1.10 bits per heavy atom. The maximum Gasteiger partial charge on any atom is 0.337 e. The predicted molar refractivity (Wildman–Crippen MR) is 118 cm³/mol. The molecule has 30 heavy (non-hydrogen) atoms. The third kappa shape index (κ3) is 3.00. The van der Waals surface area contributed by atoms with E-state index in [0.29, 0.717) is 11.5 Å². The van der Waals surface area contributed by atoms with Crippen molar-refractivity contribution in [2.45, 2.75) is 51.5 Å². The quantitative estimate of drug-likeness (QED) is 0.584. The molecule has 0 bridgehead atoms. The van der Waals surface area contributed by atoms with Gasteiger partial charge in [-0.3, -0.25) is 4.79 Å². The van der Waals surface area contributed by atoms with Crippen LogP contribution in [0.15, 0.2) is 36.4 Å². The average molecular weight is 402 g/mol. The van der Waals surface area contributed by atoms with Crippen LogP contribution >= 0.6 is 0 Å². The van der Waals surface area contributed by atoms with Crippen LogP contribution < -0.4 is 5.32 Å². The molecule has 5 nitrogen and oxygen atoms in total. The van der Waals surface area contributed by atoms with Crippen molar-refractivity contribution in [1.29, 1.82) is 0 Å². The van der Waals surface area contributed by atoms with Crippen molar-refractivity contribution in [3.8, 4) is 11.3 Å². The monoisotopic (exact) mass is 402 g/mol. The van der Waals surface area contributed by atoms with Crippen LogP contribution in [-0.4, -0.2) is 23.6 Å². The number of ether oxygens (including phenoxy) is 1. The Labute approximate surface area is 176 Å². The second-order valence-electron chi connectivity index (χ2n) is 8.50. The van der Waals surface area contributed by atoms with Gasteiger partial charge < -0.3 is 14.6 Å². The number of hydrogen-bond donors (Lipinski definition) is 1. The summed E-state index contributed by atoms with van der Waals surface area (Å²) >= 11 is 0. The molecular weight excluding hydrogens is 376 g/mol. The number of methoxy groups -OCH3 is 1. The Kier molecular flexibility index (Phi) is 4.61. The number of hydrogen-bond acceptors (Lipinski definition) is 3. The van der Waals surface area contributed by atoms with Crippen molar-refractivity contribution in [3.63, 3.8) is 0 Å². The van der Waals surface area contributed by atoms with E-state index in [1.807, 2.05) is 31.2 Å². The maximum atomic E-state index is 12.8. The van der Waals surface area contributed by atoms with Crippen LogP contribution in [0.2, 0.25) is 0 Å². The molecule has 1 aliphatic heterocycles. The van der Waals surface area contributed by atoms with Gasteiger partial charge in [0.05, 0.1) is 29.6 Å². The summed E-state index contributed by atoms with van der Waals surface area (Å²) in [6.07, 6.45) is 6.07. The fraction of sp³-hybridized carbons (Fsp3) is 0.360. The molecule has 0 spiro atoms. The third-order valence-electron chi connectivity index (χ3n) is 6.54. The lowest BCUT2D eigenvalue weighted by Gasteiger charge is -2.23. The lowest BCUT2D eigenvalue weighted by molar-refractivity contribution is -0.116. The fourth-order valence-corrected chi connectivity index (χ4v) is 5.18. The number of aryl methyl sites for hydroxylation is 1. The van der Waals surface area contributed by atoms with E-state index in [-0.39, 0.29) is 18.4 Å². The Morgan fingerprint density at radius 2 is 1.90 bits per heavy atom. The van der Waals surface area contributed by atoms with Gasteiger partial charge in [-0.1, -0.05) is 37.5 Å². The largest absolute Gasteiger partial charge is 0.465 e. The Morgan fingerprint density at radius 3 is 2.67 bits per heavy atom. The molecule has 1 aromatic heterocycles. The first-order chi connectivity index (χ1) is 14.6. The van der Waals surface area contributed by atoms with Gasteiger partial charge in [0.15, 0.2) is 0 Å². The van der Waals surface area contributed by atoms with Crippen molar-refractivity contribution >= 4 is 28.5 Å². The zero-order valence-electron chi connectivity index (χ0n) is 17.5. The van der Waals surface area contributed by atoms with Crippen LogP contribution in [0.25, 0.3) is 22.2 Å². The molecule has 5 heteroatoms. The van der Waals surface area contributed by atoms with E-state index in [1.165, 1.54) is 31.9 Å². The zero-order chi connectivity index (χ0) is 20.8. The van der Waals surface area contributed by atoms with E-state index in [1.54, 1.807) is 0 Å². The molecule has 1 saturated carbocycles. The van der Waals surface area contributed by atoms with Crippen LogP contribution in [-0.2, 0) is 16.1 Å². The summed E-state index contributed by atoms with van der Waals surface area (Å²) in [5.41, 5.74) is 6.92. The first kappa shape index (κ1) is 18.9. The van der Waals surface area contributed by atoms with Crippen LogP contribution in [0.3, 0.4) is 0 Å². The maximum absolute atomic E-state index is 12.8. The number of nitrogens with one attached hydrogen (secondary N) is 1. The minimum atomic E-state index is -0.360. The number of rotatable bonds is 2. The molecule has 1 amide bonds. The van der Waals surface area contributed by atoms with Crippen molar-refractivity contribution < 1.29 is 14.3 Å². The summed E-state index contributed by atoms with van der Waals surface area (Å²) in [5.74, 6) is 0.0563. The van der Waals surface area contributed by atoms with Crippen LogP contribution in [0.1, 0.15) is 59.5 Å². The summed E-state index contributed by atoms with van der Waals surface area (Å²) in [6, 6.07) is 12.0. The number of esters is 1. The van der Waals surface area contributed by atoms with Gasteiger partial charge in [0, 0.05) is 10.9 Å². The zero-order valence-corrected chi connectivity index (χ0v) is 17.5.